The molecule has 0 aromatic heterocycles. The molecule has 5 heteroatoms. The van der Waals surface area contributed by atoms with Crippen LogP contribution in [0.4, 0.5) is 0 Å². The first kappa shape index (κ1) is 19.1. The Labute approximate surface area is 182 Å². The summed E-state index contributed by atoms with van der Waals surface area (Å²) >= 11 is 0. The molecule has 4 aliphatic carbocycles. The highest BCUT2D eigenvalue weighted by Crippen LogP contribution is 2.60. The molecule has 2 aromatic rings. The van der Waals surface area contributed by atoms with Gasteiger partial charge in [0.25, 0.3) is 5.70 Å². The molecular weight excluding hydrogens is 388 g/mol. The van der Waals surface area contributed by atoms with Crippen molar-refractivity contribution in [3.63, 3.8) is 0 Å². The van der Waals surface area contributed by atoms with Gasteiger partial charge in [0.2, 0.25) is 0 Å². The fraction of sp³-hybridized carbons (Fsp3) is 0.538. The van der Waals surface area contributed by atoms with Gasteiger partial charge in [-0.1, -0.05) is 24.3 Å². The van der Waals surface area contributed by atoms with Crippen LogP contribution < -0.4 is 5.32 Å². The highest BCUT2D eigenvalue weighted by molar-refractivity contribution is 5.88. The molecule has 5 fully saturated rings. The molecule has 0 unspecified atom stereocenters. The molecule has 4 bridgehead atoms. The maximum atomic E-state index is 11.8. The third kappa shape index (κ3) is 3.12. The largest absolute Gasteiger partial charge is 0.508 e. The Hall–Kier alpha value is -2.56. The van der Waals surface area contributed by atoms with E-state index in [0.717, 1.165) is 41.5 Å². The number of phenolic OH excluding ortho intramolecular Hbond substituents is 1. The van der Waals surface area contributed by atoms with Gasteiger partial charge in [0.05, 0.1) is 17.0 Å². The van der Waals surface area contributed by atoms with E-state index in [1.807, 2.05) is 6.07 Å². The minimum atomic E-state index is -0.282. The molecule has 5 nitrogen and oxygen atoms in total. The summed E-state index contributed by atoms with van der Waals surface area (Å²) in [6.07, 6.45) is 10.0. The number of fused-ring (bicyclic) bond motifs is 1. The van der Waals surface area contributed by atoms with Gasteiger partial charge in [0.15, 0.2) is 0 Å². The van der Waals surface area contributed by atoms with Crippen LogP contribution in [0.25, 0.3) is 10.8 Å². The Balaban J connectivity index is 1.40. The molecule has 162 valence electrons. The highest BCUT2D eigenvalue weighted by atomic mass is 16.6. The Morgan fingerprint density at radius 1 is 1.10 bits per heavy atom. The van der Waals surface area contributed by atoms with Gasteiger partial charge in [-0.05, 0) is 96.9 Å². The van der Waals surface area contributed by atoms with E-state index in [9.17, 15) is 15.2 Å². The number of hydrogen-bond acceptors (Lipinski definition) is 4. The minimum absolute atomic E-state index is 0.146. The van der Waals surface area contributed by atoms with Crippen LogP contribution in [-0.4, -0.2) is 16.6 Å². The first-order valence-corrected chi connectivity index (χ1v) is 11.9. The summed E-state index contributed by atoms with van der Waals surface area (Å²) in [7, 11) is 0. The second kappa shape index (κ2) is 6.98. The standard InChI is InChI=1S/C26H30N2O3/c29-25-6-3-19-11-20(26-13-16-8-17(14-26)10-18(9-16)15-26)4-5-21(19)22(25)12-24(28(30)31)23-2-1-7-27-23/h3-6,11,16-18,27,29H,1-2,7-10,12-15H2/b24-23-. The van der Waals surface area contributed by atoms with Crippen molar-refractivity contribution in [3.05, 3.63) is 63.0 Å². The zero-order chi connectivity index (χ0) is 21.2. The second-order valence-corrected chi connectivity index (χ2v) is 10.6. The number of aromatic hydroxyl groups is 1. The van der Waals surface area contributed by atoms with Gasteiger partial charge in [-0.15, -0.1) is 0 Å². The number of nitrogens with zero attached hydrogens (tertiary/aromatic N) is 1. The lowest BCUT2D eigenvalue weighted by atomic mass is 9.48. The molecule has 1 saturated heterocycles. The van der Waals surface area contributed by atoms with Crippen molar-refractivity contribution in [2.45, 2.75) is 63.2 Å². The van der Waals surface area contributed by atoms with Gasteiger partial charge in [-0.25, -0.2) is 0 Å². The van der Waals surface area contributed by atoms with Crippen LogP contribution in [0.3, 0.4) is 0 Å². The summed E-state index contributed by atoms with van der Waals surface area (Å²) < 4.78 is 0. The quantitative estimate of drug-likeness (QED) is 0.513. The molecule has 4 saturated carbocycles. The summed E-state index contributed by atoms with van der Waals surface area (Å²) in [6.45, 7) is 0.780. The second-order valence-electron chi connectivity index (χ2n) is 10.6. The Morgan fingerprint density at radius 2 is 1.81 bits per heavy atom. The molecule has 0 spiro atoms. The molecule has 31 heavy (non-hydrogen) atoms. The Kier molecular flexibility index (Phi) is 4.31. The lowest BCUT2D eigenvalue weighted by Gasteiger charge is -2.57. The van der Waals surface area contributed by atoms with E-state index in [-0.39, 0.29) is 22.8 Å². The number of allylic oxidation sites excluding steroid dienone is 2. The van der Waals surface area contributed by atoms with Crippen molar-refractivity contribution in [2.75, 3.05) is 6.54 Å². The summed E-state index contributed by atoms with van der Waals surface area (Å²) in [5, 5.41) is 27.6. The minimum Gasteiger partial charge on any atom is -0.508 e. The summed E-state index contributed by atoms with van der Waals surface area (Å²) in [5.74, 6) is 2.83. The van der Waals surface area contributed by atoms with E-state index >= 15 is 0 Å². The molecule has 0 atom stereocenters. The molecular formula is C26H30N2O3. The lowest BCUT2D eigenvalue weighted by Crippen LogP contribution is -2.48. The number of hydrogen-bond donors (Lipinski definition) is 2. The van der Waals surface area contributed by atoms with Crippen LogP contribution in [-0.2, 0) is 11.8 Å². The van der Waals surface area contributed by atoms with E-state index in [1.165, 1.54) is 44.1 Å². The topological polar surface area (TPSA) is 75.4 Å². The van der Waals surface area contributed by atoms with Crippen LogP contribution in [0.2, 0.25) is 0 Å². The average molecular weight is 419 g/mol. The van der Waals surface area contributed by atoms with Gasteiger partial charge in [0.1, 0.15) is 5.75 Å². The fourth-order valence-electron chi connectivity index (χ4n) is 7.65. The summed E-state index contributed by atoms with van der Waals surface area (Å²) in [4.78, 5) is 11.5. The molecule has 0 amide bonds. The third-order valence-corrected chi connectivity index (χ3v) is 8.61. The first-order chi connectivity index (χ1) is 15.0. The van der Waals surface area contributed by atoms with E-state index in [2.05, 4.69) is 23.5 Å². The maximum Gasteiger partial charge on any atom is 0.269 e. The smallest absolute Gasteiger partial charge is 0.269 e. The van der Waals surface area contributed by atoms with Crippen LogP contribution >= 0.6 is 0 Å². The zero-order valence-corrected chi connectivity index (χ0v) is 17.9. The molecule has 2 aromatic carbocycles. The fourth-order valence-corrected chi connectivity index (χ4v) is 7.65. The van der Waals surface area contributed by atoms with Crippen LogP contribution in [0.1, 0.15) is 62.5 Å². The predicted molar refractivity (Wildman–Crippen MR) is 120 cm³/mol. The predicted octanol–water partition coefficient (Wildman–Crippen LogP) is 5.43. The van der Waals surface area contributed by atoms with Crippen LogP contribution in [0.15, 0.2) is 41.7 Å². The van der Waals surface area contributed by atoms with Gasteiger partial charge < -0.3 is 10.4 Å². The first-order valence-electron chi connectivity index (χ1n) is 11.9. The van der Waals surface area contributed by atoms with Crippen molar-refractivity contribution in [3.8, 4) is 5.75 Å². The van der Waals surface area contributed by atoms with E-state index in [1.54, 1.807) is 6.07 Å². The molecule has 1 heterocycles. The molecule has 1 aliphatic heterocycles. The van der Waals surface area contributed by atoms with Crippen molar-refractivity contribution in [2.24, 2.45) is 17.8 Å². The molecule has 2 N–H and O–H groups in total. The molecule has 0 radical (unpaired) electrons. The lowest BCUT2D eigenvalue weighted by molar-refractivity contribution is -0.428. The van der Waals surface area contributed by atoms with Crippen LogP contribution in [0.5, 0.6) is 5.75 Å². The number of phenols is 1. The van der Waals surface area contributed by atoms with Crippen LogP contribution in [0, 0.1) is 27.9 Å². The normalized spacial score (nSPS) is 33.0. The molecule has 5 aliphatic rings. The van der Waals surface area contributed by atoms with Gasteiger partial charge >= 0.3 is 0 Å². The number of nitrogens with one attached hydrogen (secondary N) is 1. The number of benzene rings is 2. The van der Waals surface area contributed by atoms with E-state index in [4.69, 9.17) is 0 Å². The maximum absolute atomic E-state index is 11.8. The van der Waals surface area contributed by atoms with Crippen molar-refractivity contribution >= 4 is 10.8 Å². The number of rotatable bonds is 4. The SMILES string of the molecule is O=[N+]([O-])/C(Cc1c(O)ccc2cc(C34CC5CC(CC(C5)C3)C4)ccc12)=C1/CCCN1. The average Bonchev–Trinajstić information content (AvgIpc) is 3.26. The highest BCUT2D eigenvalue weighted by Gasteiger charge is 2.51. The third-order valence-electron chi connectivity index (χ3n) is 8.61. The van der Waals surface area contributed by atoms with Crippen molar-refractivity contribution < 1.29 is 10.0 Å². The Bertz CT molecular complexity index is 1060. The van der Waals surface area contributed by atoms with E-state index in [0.29, 0.717) is 23.1 Å². The zero-order valence-electron chi connectivity index (χ0n) is 17.9. The van der Waals surface area contributed by atoms with Gasteiger partial charge in [-0.3, -0.25) is 10.1 Å². The molecule has 7 rings (SSSR count). The van der Waals surface area contributed by atoms with E-state index < -0.39 is 0 Å². The summed E-state index contributed by atoms with van der Waals surface area (Å²) in [6, 6.07) is 10.4. The monoisotopic (exact) mass is 418 g/mol. The van der Waals surface area contributed by atoms with Crippen molar-refractivity contribution in [1.82, 2.24) is 5.32 Å². The number of nitro groups is 1. The Morgan fingerprint density at radius 3 is 2.42 bits per heavy atom. The van der Waals surface area contributed by atoms with Gasteiger partial charge in [0, 0.05) is 12.1 Å². The van der Waals surface area contributed by atoms with Gasteiger partial charge in [-0.2, -0.15) is 0 Å². The van der Waals surface area contributed by atoms with Crippen molar-refractivity contribution in [1.29, 1.82) is 0 Å². The summed E-state index contributed by atoms with van der Waals surface area (Å²) in [5.41, 5.74) is 3.34.